The second-order valence-electron chi connectivity index (χ2n) is 1.55. The predicted molar refractivity (Wildman–Crippen MR) is 18.5 cm³/mol. The third-order valence-corrected chi connectivity index (χ3v) is 0.886. The Bertz CT molecular complexity index is 52.6. The van der Waals surface area contributed by atoms with Crippen LogP contribution in [0.5, 0.6) is 0 Å². The molecule has 0 aromatic heterocycles. The van der Waals surface area contributed by atoms with Crippen molar-refractivity contribution in [3.63, 3.8) is 0 Å². The van der Waals surface area contributed by atoms with Gasteiger partial charge in [-0.2, -0.15) is 0 Å². The van der Waals surface area contributed by atoms with Crippen LogP contribution in [0.2, 0.25) is 0 Å². The van der Waals surface area contributed by atoms with E-state index in [2.05, 4.69) is 0 Å². The van der Waals surface area contributed by atoms with E-state index in [1.165, 1.54) is 0 Å². The molecule has 0 unspecified atom stereocenters. The fourth-order valence-electron chi connectivity index (χ4n) is 0.363. The summed E-state index contributed by atoms with van der Waals surface area (Å²) in [6, 6.07) is 0. The summed E-state index contributed by atoms with van der Waals surface area (Å²) in [5.74, 6) is -2.33. The molecule has 35 valence electrons. The zero-order chi connectivity index (χ0) is 4.62. The molecule has 2 heteroatoms. The Balaban J connectivity index is 2.31. The first-order chi connectivity index (χ1) is 2.71. The minimum absolute atomic E-state index is 0.00694. The third-order valence-electron chi connectivity index (χ3n) is 0.886. The van der Waals surface area contributed by atoms with Crippen LogP contribution < -0.4 is 0 Å². The maximum Gasteiger partial charge on any atom is 0.248 e. The van der Waals surface area contributed by atoms with E-state index < -0.39 is 5.92 Å². The fourth-order valence-corrected chi connectivity index (χ4v) is 0.363. The normalized spacial score (nSPS) is 29.0. The lowest BCUT2D eigenvalue weighted by atomic mass is 9.95. The van der Waals surface area contributed by atoms with Crippen molar-refractivity contribution < 1.29 is 8.78 Å². The predicted octanol–water partition coefficient (Wildman–Crippen LogP) is 1.62. The van der Waals surface area contributed by atoms with Gasteiger partial charge < -0.3 is 0 Å². The Morgan fingerprint density at radius 3 is 1.67 bits per heavy atom. The molecule has 0 N–H and O–H groups in total. The molecule has 1 saturated carbocycles. The summed E-state index contributed by atoms with van der Waals surface area (Å²) in [5.41, 5.74) is 0. The third kappa shape index (κ3) is 0.511. The second kappa shape index (κ2) is 0.922. The molecule has 0 aromatic carbocycles. The molecule has 1 aliphatic carbocycles. The summed E-state index contributed by atoms with van der Waals surface area (Å²) < 4.78 is 23.0. The molecule has 0 saturated heterocycles. The minimum Gasteiger partial charge on any atom is -0.207 e. The number of alkyl halides is 2. The molecule has 1 radical (unpaired) electrons. The molecule has 0 nitrogen and oxygen atoms in total. The molecular formula is C4H5F2. The Hall–Kier alpha value is -0.140. The standard InChI is InChI=1S/C4H5F2/c5-4(6)2-1-3-4/h1H,2-3H2. The van der Waals surface area contributed by atoms with E-state index in [0.717, 1.165) is 0 Å². The molecule has 0 atom stereocenters. The summed E-state index contributed by atoms with van der Waals surface area (Å²) in [5, 5.41) is 0. The maximum absolute atomic E-state index is 11.5. The van der Waals surface area contributed by atoms with Gasteiger partial charge in [0.2, 0.25) is 5.92 Å². The van der Waals surface area contributed by atoms with Crippen molar-refractivity contribution in [2.75, 3.05) is 0 Å². The lowest BCUT2D eigenvalue weighted by Crippen LogP contribution is -2.25. The SMILES string of the molecule is FC1(F)C[CH]C1. The van der Waals surface area contributed by atoms with Gasteiger partial charge in [0.25, 0.3) is 0 Å². The molecule has 6 heavy (non-hydrogen) atoms. The van der Waals surface area contributed by atoms with Crippen molar-refractivity contribution in [1.29, 1.82) is 0 Å². The van der Waals surface area contributed by atoms with Gasteiger partial charge in [-0.25, -0.2) is 8.78 Å². The molecule has 0 spiro atoms. The first-order valence-electron chi connectivity index (χ1n) is 1.90. The average Bonchev–Trinajstić information content (AvgIpc) is 1.32. The zero-order valence-electron chi connectivity index (χ0n) is 3.25. The van der Waals surface area contributed by atoms with Gasteiger partial charge in [0.1, 0.15) is 0 Å². The molecule has 0 aliphatic heterocycles. The summed E-state index contributed by atoms with van der Waals surface area (Å²) in [6.07, 6.45) is 1.57. The Morgan fingerprint density at radius 1 is 1.33 bits per heavy atom. The minimum atomic E-state index is -2.33. The van der Waals surface area contributed by atoms with Crippen LogP contribution in [0.3, 0.4) is 0 Å². The zero-order valence-corrected chi connectivity index (χ0v) is 3.25. The first-order valence-corrected chi connectivity index (χ1v) is 1.90. The molecule has 1 aliphatic rings. The first kappa shape index (κ1) is 4.03. The number of hydrogen-bond acceptors (Lipinski definition) is 0. The summed E-state index contributed by atoms with van der Waals surface area (Å²) in [6.45, 7) is 0. The van der Waals surface area contributed by atoms with Crippen LogP contribution in [0.1, 0.15) is 12.8 Å². The molecular weight excluding hydrogens is 86.0 g/mol. The largest absolute Gasteiger partial charge is 0.248 e. The highest BCUT2D eigenvalue weighted by Gasteiger charge is 2.36. The van der Waals surface area contributed by atoms with Crippen LogP contribution >= 0.6 is 0 Å². The van der Waals surface area contributed by atoms with Crippen LogP contribution in [-0.4, -0.2) is 5.92 Å². The van der Waals surface area contributed by atoms with E-state index >= 15 is 0 Å². The van der Waals surface area contributed by atoms with Gasteiger partial charge in [0.05, 0.1) is 0 Å². The maximum atomic E-state index is 11.5. The topological polar surface area (TPSA) is 0 Å². The van der Waals surface area contributed by atoms with E-state index in [4.69, 9.17) is 0 Å². The highest BCUT2D eigenvalue weighted by molar-refractivity contribution is 4.91. The van der Waals surface area contributed by atoms with E-state index in [0.29, 0.717) is 0 Å². The molecule has 0 aromatic rings. The van der Waals surface area contributed by atoms with Crippen molar-refractivity contribution in [1.82, 2.24) is 0 Å². The Kier molecular flexibility index (Phi) is 0.620. The van der Waals surface area contributed by atoms with Crippen molar-refractivity contribution in [3.8, 4) is 0 Å². The number of rotatable bonds is 0. The van der Waals surface area contributed by atoms with Gasteiger partial charge >= 0.3 is 0 Å². The lowest BCUT2D eigenvalue weighted by Gasteiger charge is -2.23. The van der Waals surface area contributed by atoms with Crippen molar-refractivity contribution in [2.24, 2.45) is 0 Å². The summed E-state index contributed by atoms with van der Waals surface area (Å²) in [4.78, 5) is 0. The van der Waals surface area contributed by atoms with Gasteiger partial charge in [-0.05, 0) is 6.42 Å². The van der Waals surface area contributed by atoms with E-state index in [9.17, 15) is 8.78 Å². The summed E-state index contributed by atoms with van der Waals surface area (Å²) in [7, 11) is 0. The molecule has 1 fully saturated rings. The quantitative estimate of drug-likeness (QED) is 0.425. The van der Waals surface area contributed by atoms with Crippen LogP contribution in [0.4, 0.5) is 8.78 Å². The van der Waals surface area contributed by atoms with Crippen LogP contribution in [0.25, 0.3) is 0 Å². The van der Waals surface area contributed by atoms with E-state index in [1.807, 2.05) is 0 Å². The van der Waals surface area contributed by atoms with Crippen LogP contribution in [0, 0.1) is 6.42 Å². The van der Waals surface area contributed by atoms with E-state index in [-0.39, 0.29) is 12.8 Å². The fraction of sp³-hybridized carbons (Fsp3) is 0.750. The summed E-state index contributed by atoms with van der Waals surface area (Å²) >= 11 is 0. The lowest BCUT2D eigenvalue weighted by molar-refractivity contribution is -0.0401. The average molecular weight is 91.1 g/mol. The van der Waals surface area contributed by atoms with Crippen molar-refractivity contribution >= 4 is 0 Å². The molecule has 0 bridgehead atoms. The van der Waals surface area contributed by atoms with Crippen LogP contribution in [-0.2, 0) is 0 Å². The van der Waals surface area contributed by atoms with E-state index in [1.54, 1.807) is 6.42 Å². The van der Waals surface area contributed by atoms with Crippen molar-refractivity contribution in [3.05, 3.63) is 6.42 Å². The Labute approximate surface area is 35.2 Å². The van der Waals surface area contributed by atoms with Crippen LogP contribution in [0.15, 0.2) is 0 Å². The molecule has 0 heterocycles. The van der Waals surface area contributed by atoms with Crippen molar-refractivity contribution in [2.45, 2.75) is 18.8 Å². The van der Waals surface area contributed by atoms with Gasteiger partial charge in [-0.1, -0.05) is 0 Å². The smallest absolute Gasteiger partial charge is 0.207 e. The molecule has 1 rings (SSSR count). The molecule has 0 amide bonds. The van der Waals surface area contributed by atoms with Gasteiger partial charge in [-0.15, -0.1) is 0 Å². The van der Waals surface area contributed by atoms with Gasteiger partial charge in [-0.3, -0.25) is 0 Å². The monoisotopic (exact) mass is 91.0 g/mol. The highest BCUT2D eigenvalue weighted by atomic mass is 19.3. The highest BCUT2D eigenvalue weighted by Crippen LogP contribution is 2.35. The number of halogens is 2. The Morgan fingerprint density at radius 2 is 1.67 bits per heavy atom. The van der Waals surface area contributed by atoms with Gasteiger partial charge in [0, 0.05) is 12.8 Å². The van der Waals surface area contributed by atoms with Gasteiger partial charge in [0.15, 0.2) is 0 Å². The second-order valence-corrected chi connectivity index (χ2v) is 1.55. The number of hydrogen-bond donors (Lipinski definition) is 0.